The van der Waals surface area contributed by atoms with Crippen molar-refractivity contribution in [1.29, 1.82) is 0 Å². The molecule has 0 aliphatic carbocycles. The van der Waals surface area contributed by atoms with Crippen LogP contribution >= 0.6 is 284 Å². The van der Waals surface area contributed by atoms with Crippen LogP contribution in [-0.2, 0) is 34.1 Å². The van der Waals surface area contributed by atoms with Crippen LogP contribution in [0.3, 0.4) is 0 Å². The van der Waals surface area contributed by atoms with Crippen LogP contribution in [0.1, 0.15) is 134 Å². The number of hydroxylamine groups is 3. The number of aromatic nitrogens is 15. The third-order valence-electron chi connectivity index (χ3n) is 7.62. The van der Waals surface area contributed by atoms with E-state index in [0.29, 0.717) is 42.1 Å². The summed E-state index contributed by atoms with van der Waals surface area (Å²) in [7, 11) is 9.82. The second kappa shape index (κ2) is 103. The zero-order valence-electron chi connectivity index (χ0n) is 60.2. The van der Waals surface area contributed by atoms with E-state index in [2.05, 4.69) is 364 Å². The Bertz CT molecular complexity index is 2390. The predicted molar refractivity (Wildman–Crippen MR) is 511 cm³/mol. The molecule has 1 atom stereocenters. The van der Waals surface area contributed by atoms with Crippen molar-refractivity contribution in [1.82, 2.24) is 80.2 Å². The molecular weight excluding hydrogens is 2750 g/mol. The quantitative estimate of drug-likeness (QED) is 0.00872. The van der Waals surface area contributed by atoms with E-state index in [1.165, 1.54) is 23.7 Å². The van der Waals surface area contributed by atoms with Crippen molar-refractivity contribution in [2.45, 2.75) is 138 Å². The molecule has 0 fully saturated rings. The number of alkyl halides is 1. The number of nitrogens with zero attached hydrogens (tertiary/aromatic N) is 17. The number of nitrogens with one attached hydrogen (secondary N) is 5. The summed E-state index contributed by atoms with van der Waals surface area (Å²) >= 11 is 61.5. The van der Waals surface area contributed by atoms with Crippen molar-refractivity contribution in [3.63, 3.8) is 0 Å². The van der Waals surface area contributed by atoms with Crippen LogP contribution in [-0.4, -0.2) is 165 Å². The van der Waals surface area contributed by atoms with Gasteiger partial charge in [-0.1, -0.05) is 99.3 Å². The van der Waals surface area contributed by atoms with E-state index in [1.807, 2.05) is 20.8 Å². The molecule has 5 aromatic rings. The second-order valence-corrected chi connectivity index (χ2v) is 127. The van der Waals surface area contributed by atoms with Crippen molar-refractivity contribution in [3.8, 4) is 0 Å². The summed E-state index contributed by atoms with van der Waals surface area (Å²) in [6.45, 7) is 31.5. The van der Waals surface area contributed by atoms with Crippen LogP contribution in [0.2, 0.25) is 31.7 Å². The number of anilines is 9. The summed E-state index contributed by atoms with van der Waals surface area (Å²) in [5, 5.41) is 15.0. The van der Waals surface area contributed by atoms with Crippen LogP contribution in [0, 0.1) is 21.3 Å². The summed E-state index contributed by atoms with van der Waals surface area (Å²) in [4.78, 5) is 80.0. The predicted octanol–water partition coefficient (Wildman–Crippen LogP) is 17.2. The van der Waals surface area contributed by atoms with Crippen molar-refractivity contribution in [3.05, 3.63) is 53.0 Å². The molecule has 0 aliphatic rings. The third-order valence-corrected chi connectivity index (χ3v) is 9.78. The van der Waals surface area contributed by atoms with Gasteiger partial charge in [0.15, 0.2) is 0 Å². The van der Waals surface area contributed by atoms with Crippen LogP contribution in [0.15, 0.2) is 0 Å². The minimum atomic E-state index is -0.278. The molecule has 5 heterocycles. The number of halogens is 17. The molecule has 31 nitrogen and oxygen atoms in total. The molecule has 14 N–H and O–H groups in total. The van der Waals surface area contributed by atoms with Crippen molar-refractivity contribution in [2.24, 2.45) is 5.73 Å². The first-order valence-electron chi connectivity index (χ1n) is 28.5. The number of hydrogen-bond donors (Lipinski definition) is 9. The van der Waals surface area contributed by atoms with Crippen molar-refractivity contribution >= 4 is 342 Å². The maximum Gasteiger partial charge on any atom is 1.00 e. The fraction of sp³-hybridized carbons (Fsp3) is 0.627. The van der Waals surface area contributed by atoms with Crippen LogP contribution in [0.4, 0.5) is 53.5 Å². The van der Waals surface area contributed by atoms with E-state index >= 15 is 0 Å². The van der Waals surface area contributed by atoms with Gasteiger partial charge in [0, 0.05) is 57.7 Å². The Kier molecular flexibility index (Phi) is 137. The van der Waals surface area contributed by atoms with Gasteiger partial charge in [-0.15, -0.1) is 0 Å². The summed E-state index contributed by atoms with van der Waals surface area (Å²) in [5.41, 5.74) is 23.5. The largest absolute Gasteiger partial charge is 1.00 e. The molecule has 604 valence electrons. The second-order valence-electron chi connectivity index (χ2n) is 16.0. The molecule has 5 aromatic heterocycles. The maximum absolute atomic E-state index is 9.58. The fourth-order valence-electron chi connectivity index (χ4n) is 3.46. The molecule has 0 aliphatic heterocycles. The third kappa shape index (κ3) is 120. The van der Waals surface area contributed by atoms with Gasteiger partial charge in [-0.3, -0.25) is 14.5 Å². The minimum absolute atomic E-state index is 0. The summed E-state index contributed by atoms with van der Waals surface area (Å²) in [5.74, 6) is 3.19. The van der Waals surface area contributed by atoms with E-state index in [-0.39, 0.29) is 119 Å². The van der Waals surface area contributed by atoms with Crippen LogP contribution in [0.5, 0.6) is 0 Å². The van der Waals surface area contributed by atoms with E-state index in [9.17, 15) is 4.79 Å². The van der Waals surface area contributed by atoms with Crippen LogP contribution in [0.25, 0.3) is 0 Å². The van der Waals surface area contributed by atoms with Gasteiger partial charge in [-0.05, 0) is 126 Å². The zero-order valence-corrected chi connectivity index (χ0v) is 93.2. The first-order chi connectivity index (χ1) is 46.4. The molecular formula is C51H102Cl7I10N26NaO5V3-3. The minimum Gasteiger partial charge on any atom is -0.870 e. The van der Waals surface area contributed by atoms with E-state index in [4.69, 9.17) is 114 Å². The van der Waals surface area contributed by atoms with Gasteiger partial charge in [0.1, 0.15) is 0 Å². The Hall–Kier alpha value is 4.76. The summed E-state index contributed by atoms with van der Waals surface area (Å²) < 4.78 is 0.854. The normalized spacial score (nSPS) is 9.16. The van der Waals surface area contributed by atoms with Gasteiger partial charge >= 0.3 is 224 Å². The van der Waals surface area contributed by atoms with Gasteiger partial charge in [0.25, 0.3) is 11.9 Å². The average molecular weight is 2850 g/mol. The fourth-order valence-corrected chi connectivity index (χ4v) is 4.62. The molecule has 0 radical (unpaired) electrons. The SMILES string of the molecule is C.CCC(=O)Cl.CCC(C)I.CCCN.CCCNc1nc(N)nc(Cl)n1.CCCNc1nc(N)nc(N(C)OC)n1.CCCNc1nc(NCCC)nc(N(C)OC)n1.CNOC.Clc1nc(Cl)nc(Cl)n1.Nc1nc(Cl)nc(Cl)n1.[CH2-]CC.[CH2-]CC.[CH3-].[I][V]([I])[I].[I][V]([I])[I].[I][V]([I])[I].[Na+].[OH-]. The Morgan fingerprint density at radius 1 is 0.495 bits per heavy atom. The molecule has 5 rings (SSSR count). The van der Waals surface area contributed by atoms with Crippen molar-refractivity contribution < 1.29 is 69.1 Å². The molecule has 0 saturated heterocycles. The first kappa shape index (κ1) is 137. The molecule has 103 heavy (non-hydrogen) atoms. The number of carbonyl (C=O) groups is 1. The summed E-state index contributed by atoms with van der Waals surface area (Å²) in [6, 6.07) is 0. The van der Waals surface area contributed by atoms with Gasteiger partial charge < -0.3 is 75.8 Å². The Morgan fingerprint density at radius 2 is 0.689 bits per heavy atom. The molecule has 0 aromatic carbocycles. The first-order valence-corrected chi connectivity index (χ1v) is 72.9. The van der Waals surface area contributed by atoms with Crippen molar-refractivity contribution in [2.75, 3.05) is 124 Å². The molecule has 0 spiro atoms. The molecule has 0 bridgehead atoms. The average Bonchev–Trinajstić information content (AvgIpc) is 0.865. The number of nitrogens with two attached hydrogens (primary N) is 4. The topological polar surface area (TPSA) is 439 Å². The van der Waals surface area contributed by atoms with E-state index < -0.39 is 0 Å². The zero-order chi connectivity index (χ0) is 78.9. The number of nitrogen functional groups attached to an aromatic ring is 3. The Morgan fingerprint density at radius 3 is 0.874 bits per heavy atom. The molecule has 1 unspecified atom stereocenters. The maximum atomic E-state index is 9.58. The standard InChI is InChI=1S/C11H22N6O.C8H16N6O.C6H10ClN5.C4H9I.C3Cl3N3.C3H2Cl2N4.C3H5ClO.C3H9N.2C3H7.C2H7NO.CH4.CH3.9HI.Na.H2O.3V/c1-5-7-12-9-14-10(13-8-6-2)16-11(15-9)17(3)18-4;1-4-5-10-7-11-6(9)12-8(13-7)14(2)15-3;1-2-3-9-6-11-4(7)10-5(8)12-6;1-3-4(2)5;2*4-1-7-2(5)9-3(6)8-1;1-2-3(4)5;1-2-3-4;2*1-3-2;1-3-4-2;;;;;;;;;;;;;;;;/h5-8H2,1-4H3,(H2,12,13,14,15,16);4-5H2,1-3H3,(H3,9,10,11,12,13);2-3H2,1H3,(H3,8,9,10,11,12);4H,3H2,1-2H3;;(H2,6,7,8,9);2H2,1H3;2-4H2,1H3;2*1,3H2,2H3;3H,1-2H3;1H4;1H3;9*1H;;1H2;;;/q;;;;;;;;2*-1;;;-1;;;;;;;;;;+1;;3*+3/p-10. The number of hydrogen-bond acceptors (Lipinski definition) is 31. The van der Waals surface area contributed by atoms with Gasteiger partial charge in [-0.2, -0.15) is 87.6 Å². The summed E-state index contributed by atoms with van der Waals surface area (Å²) in [6.07, 6.45) is 8.82. The monoisotopic (exact) mass is 2850 g/mol. The van der Waals surface area contributed by atoms with Gasteiger partial charge in [-0.25, -0.2) is 15.6 Å². The molecule has 52 heteroatoms. The Labute approximate surface area is 798 Å². The van der Waals surface area contributed by atoms with E-state index in [1.54, 1.807) is 42.3 Å². The number of rotatable bonds is 20. The molecule has 0 saturated carbocycles. The van der Waals surface area contributed by atoms with Gasteiger partial charge in [0.05, 0.1) is 21.3 Å². The van der Waals surface area contributed by atoms with E-state index in [0.717, 1.165) is 81.6 Å². The van der Waals surface area contributed by atoms with Crippen LogP contribution < -0.4 is 89.4 Å². The van der Waals surface area contributed by atoms with Gasteiger partial charge in [0.2, 0.25) is 78.6 Å². The number of carbonyl (C=O) groups excluding carboxylic acids is 1. The smallest absolute Gasteiger partial charge is 0.870 e. The molecule has 0 amide bonds. The Balaban J connectivity index is -0.0000000801.